The Balaban J connectivity index is 2.02. The van der Waals surface area contributed by atoms with Crippen molar-refractivity contribution in [1.29, 1.82) is 0 Å². The third kappa shape index (κ3) is 4.52. The molecule has 3 rings (SSSR count). The zero-order valence-corrected chi connectivity index (χ0v) is 16.5. The highest BCUT2D eigenvalue weighted by molar-refractivity contribution is 7.16. The first-order valence-electron chi connectivity index (χ1n) is 8.89. The standard InChI is InChI=1S/C21H22N2O3S/c1-4-26-19(24)11-12-23-17-10-7-15(3)13-18(17)27-21(23)22-20(25)16-8-5-14(2)6-9-16/h5-10,13H,4,11-12H2,1-3H3. The van der Waals surface area contributed by atoms with Crippen LogP contribution in [0.5, 0.6) is 0 Å². The van der Waals surface area contributed by atoms with Crippen LogP contribution in [-0.4, -0.2) is 23.1 Å². The van der Waals surface area contributed by atoms with Crippen LogP contribution in [0.3, 0.4) is 0 Å². The van der Waals surface area contributed by atoms with Crippen LogP contribution in [0.1, 0.15) is 34.8 Å². The van der Waals surface area contributed by atoms with E-state index in [2.05, 4.69) is 11.1 Å². The predicted molar refractivity (Wildman–Crippen MR) is 107 cm³/mol. The molecule has 27 heavy (non-hydrogen) atoms. The molecule has 2 aromatic carbocycles. The zero-order valence-electron chi connectivity index (χ0n) is 15.7. The van der Waals surface area contributed by atoms with Crippen molar-refractivity contribution < 1.29 is 14.3 Å². The van der Waals surface area contributed by atoms with Crippen molar-refractivity contribution in [1.82, 2.24) is 4.57 Å². The van der Waals surface area contributed by atoms with Gasteiger partial charge in [-0.1, -0.05) is 35.1 Å². The number of hydrogen-bond acceptors (Lipinski definition) is 4. The van der Waals surface area contributed by atoms with Gasteiger partial charge < -0.3 is 9.30 Å². The molecule has 0 spiro atoms. The molecule has 5 nitrogen and oxygen atoms in total. The lowest BCUT2D eigenvalue weighted by atomic mass is 10.1. The Morgan fingerprint density at radius 2 is 1.78 bits per heavy atom. The SMILES string of the molecule is CCOC(=O)CCn1c(=NC(=O)c2ccc(C)cc2)sc2cc(C)ccc21. The van der Waals surface area contributed by atoms with Crippen molar-refractivity contribution in [3.8, 4) is 0 Å². The van der Waals surface area contributed by atoms with Crippen LogP contribution in [0.2, 0.25) is 0 Å². The van der Waals surface area contributed by atoms with Gasteiger partial charge in [0.05, 0.1) is 23.2 Å². The molecule has 1 heterocycles. The Morgan fingerprint density at radius 1 is 1.07 bits per heavy atom. The van der Waals surface area contributed by atoms with Gasteiger partial charge in [0, 0.05) is 12.1 Å². The van der Waals surface area contributed by atoms with Crippen molar-refractivity contribution in [3.05, 3.63) is 64.0 Å². The van der Waals surface area contributed by atoms with Gasteiger partial charge in [-0.05, 0) is 50.6 Å². The highest BCUT2D eigenvalue weighted by atomic mass is 32.1. The Labute approximate surface area is 161 Å². The smallest absolute Gasteiger partial charge is 0.307 e. The fourth-order valence-electron chi connectivity index (χ4n) is 2.77. The summed E-state index contributed by atoms with van der Waals surface area (Å²) in [5.41, 5.74) is 3.74. The molecule has 0 fully saturated rings. The van der Waals surface area contributed by atoms with Crippen LogP contribution in [0.25, 0.3) is 10.2 Å². The first-order chi connectivity index (χ1) is 13.0. The lowest BCUT2D eigenvalue weighted by Crippen LogP contribution is -2.19. The summed E-state index contributed by atoms with van der Waals surface area (Å²) in [5, 5.41) is 0. The van der Waals surface area contributed by atoms with E-state index in [0.717, 1.165) is 21.3 Å². The Morgan fingerprint density at radius 3 is 2.48 bits per heavy atom. The molecule has 0 bridgehead atoms. The number of carbonyl (C=O) groups is 2. The van der Waals surface area contributed by atoms with E-state index in [-0.39, 0.29) is 18.3 Å². The maximum Gasteiger partial charge on any atom is 0.307 e. The van der Waals surface area contributed by atoms with E-state index in [1.807, 2.05) is 42.7 Å². The highest BCUT2D eigenvalue weighted by Gasteiger charge is 2.11. The van der Waals surface area contributed by atoms with Gasteiger partial charge in [0.25, 0.3) is 5.91 Å². The van der Waals surface area contributed by atoms with Crippen LogP contribution in [0.4, 0.5) is 0 Å². The molecule has 0 saturated heterocycles. The molecule has 0 radical (unpaired) electrons. The van der Waals surface area contributed by atoms with Gasteiger partial charge in [0.2, 0.25) is 0 Å². The molecule has 0 unspecified atom stereocenters. The van der Waals surface area contributed by atoms with Crippen molar-refractivity contribution in [2.75, 3.05) is 6.61 Å². The van der Waals surface area contributed by atoms with Crippen molar-refractivity contribution in [2.45, 2.75) is 33.7 Å². The van der Waals surface area contributed by atoms with Crippen LogP contribution in [-0.2, 0) is 16.1 Å². The van der Waals surface area contributed by atoms with E-state index < -0.39 is 0 Å². The Bertz CT molecular complexity index is 1050. The van der Waals surface area contributed by atoms with Gasteiger partial charge >= 0.3 is 5.97 Å². The molecule has 0 atom stereocenters. The summed E-state index contributed by atoms with van der Waals surface area (Å²) < 4.78 is 7.98. The number of benzene rings is 2. The zero-order chi connectivity index (χ0) is 19.4. The molecule has 140 valence electrons. The van der Waals surface area contributed by atoms with Crippen LogP contribution >= 0.6 is 11.3 Å². The first-order valence-corrected chi connectivity index (χ1v) is 9.71. The van der Waals surface area contributed by atoms with Gasteiger partial charge in [-0.2, -0.15) is 4.99 Å². The molecule has 3 aromatic rings. The number of thiazole rings is 1. The number of nitrogens with zero attached hydrogens (tertiary/aromatic N) is 2. The van der Waals surface area contributed by atoms with Crippen molar-refractivity contribution in [2.24, 2.45) is 4.99 Å². The average molecular weight is 382 g/mol. The summed E-state index contributed by atoms with van der Waals surface area (Å²) >= 11 is 1.45. The predicted octanol–water partition coefficient (Wildman–Crippen LogP) is 4.01. The second kappa shape index (κ2) is 8.31. The number of esters is 1. The van der Waals surface area contributed by atoms with Gasteiger partial charge in [-0.25, -0.2) is 0 Å². The average Bonchev–Trinajstić information content (AvgIpc) is 2.96. The molecule has 1 amide bonds. The molecule has 1 aromatic heterocycles. The van der Waals surface area contributed by atoms with E-state index in [9.17, 15) is 9.59 Å². The maximum absolute atomic E-state index is 12.6. The lowest BCUT2D eigenvalue weighted by Gasteiger charge is -2.05. The van der Waals surface area contributed by atoms with Crippen molar-refractivity contribution in [3.63, 3.8) is 0 Å². The topological polar surface area (TPSA) is 60.7 Å². The molecule has 6 heteroatoms. The van der Waals surface area contributed by atoms with E-state index >= 15 is 0 Å². The lowest BCUT2D eigenvalue weighted by molar-refractivity contribution is -0.143. The quantitative estimate of drug-likeness (QED) is 0.626. The third-order valence-electron chi connectivity index (χ3n) is 4.18. The minimum Gasteiger partial charge on any atom is -0.466 e. The van der Waals surface area contributed by atoms with Gasteiger partial charge in [0.1, 0.15) is 0 Å². The molecule has 0 N–H and O–H groups in total. The van der Waals surface area contributed by atoms with Crippen LogP contribution < -0.4 is 4.80 Å². The van der Waals surface area contributed by atoms with E-state index in [0.29, 0.717) is 23.5 Å². The number of aryl methyl sites for hydroxylation is 3. The molecule has 0 saturated carbocycles. The maximum atomic E-state index is 12.6. The summed E-state index contributed by atoms with van der Waals surface area (Å²) in [5.74, 6) is -0.546. The number of fused-ring (bicyclic) bond motifs is 1. The second-order valence-electron chi connectivity index (χ2n) is 6.35. The van der Waals surface area contributed by atoms with E-state index in [4.69, 9.17) is 4.74 Å². The fourth-order valence-corrected chi connectivity index (χ4v) is 3.92. The highest BCUT2D eigenvalue weighted by Crippen LogP contribution is 2.19. The molecule has 0 aliphatic heterocycles. The summed E-state index contributed by atoms with van der Waals surface area (Å²) in [7, 11) is 0. The van der Waals surface area contributed by atoms with Gasteiger partial charge in [0.15, 0.2) is 4.80 Å². The van der Waals surface area contributed by atoms with Gasteiger partial charge in [-0.15, -0.1) is 0 Å². The first kappa shape index (κ1) is 19.0. The Hall–Kier alpha value is -2.73. The minimum absolute atomic E-state index is 0.236. The van der Waals surface area contributed by atoms with Gasteiger partial charge in [-0.3, -0.25) is 9.59 Å². The molecular formula is C21H22N2O3S. The van der Waals surface area contributed by atoms with E-state index in [1.165, 1.54) is 11.3 Å². The molecular weight excluding hydrogens is 360 g/mol. The number of aromatic nitrogens is 1. The van der Waals surface area contributed by atoms with Crippen LogP contribution in [0, 0.1) is 13.8 Å². The normalized spacial score (nSPS) is 11.7. The third-order valence-corrected chi connectivity index (χ3v) is 5.22. The van der Waals surface area contributed by atoms with Crippen molar-refractivity contribution >= 4 is 33.4 Å². The monoisotopic (exact) mass is 382 g/mol. The van der Waals surface area contributed by atoms with Crippen LogP contribution in [0.15, 0.2) is 47.5 Å². The second-order valence-corrected chi connectivity index (χ2v) is 7.35. The fraction of sp³-hybridized carbons (Fsp3) is 0.286. The number of ether oxygens (including phenoxy) is 1. The largest absolute Gasteiger partial charge is 0.466 e. The summed E-state index contributed by atoms with van der Waals surface area (Å²) in [6, 6.07) is 13.4. The Kier molecular flexibility index (Phi) is 5.86. The number of hydrogen-bond donors (Lipinski definition) is 0. The summed E-state index contributed by atoms with van der Waals surface area (Å²) in [6.07, 6.45) is 0.236. The van der Waals surface area contributed by atoms with E-state index in [1.54, 1.807) is 19.1 Å². The molecule has 0 aliphatic carbocycles. The number of carbonyl (C=O) groups excluding carboxylic acids is 2. The summed E-state index contributed by atoms with van der Waals surface area (Å²) in [4.78, 5) is 29.3. The summed E-state index contributed by atoms with van der Waals surface area (Å²) in [6.45, 7) is 6.56. The number of amides is 1. The molecule has 0 aliphatic rings. The minimum atomic E-state index is -0.289. The number of rotatable bonds is 5.